The van der Waals surface area contributed by atoms with Crippen molar-refractivity contribution in [2.45, 2.75) is 13.5 Å². The van der Waals surface area contributed by atoms with Crippen LogP contribution in [-0.2, 0) is 6.54 Å². The molecule has 0 unspecified atom stereocenters. The molecule has 1 amide bonds. The van der Waals surface area contributed by atoms with Gasteiger partial charge >= 0.3 is 0 Å². The largest absolute Gasteiger partial charge is 0.347 e. The third-order valence-corrected chi connectivity index (χ3v) is 3.21. The lowest BCUT2D eigenvalue weighted by molar-refractivity contribution is 0.0951. The van der Waals surface area contributed by atoms with Gasteiger partial charge in [-0.25, -0.2) is 4.98 Å². The van der Waals surface area contributed by atoms with Gasteiger partial charge in [0.25, 0.3) is 5.91 Å². The minimum absolute atomic E-state index is 0.247. The Morgan fingerprint density at radius 1 is 1.41 bits per heavy atom. The highest BCUT2D eigenvalue weighted by Crippen LogP contribution is 2.14. The van der Waals surface area contributed by atoms with Gasteiger partial charge in [0.05, 0.1) is 12.1 Å². The van der Waals surface area contributed by atoms with Gasteiger partial charge in [0.1, 0.15) is 0 Å². The van der Waals surface area contributed by atoms with Crippen LogP contribution in [-0.4, -0.2) is 10.9 Å². The van der Waals surface area contributed by atoms with Crippen LogP contribution < -0.4 is 5.32 Å². The van der Waals surface area contributed by atoms with Crippen molar-refractivity contribution >= 4 is 17.2 Å². The first-order valence-electron chi connectivity index (χ1n) is 5.10. The molecule has 2 aromatic heterocycles. The Morgan fingerprint density at radius 2 is 2.24 bits per heavy atom. The molecule has 0 atom stereocenters. The number of carbonyl (C=O) groups is 1. The number of thiophene rings is 1. The maximum absolute atomic E-state index is 12.6. The molecule has 0 fully saturated rings. The summed E-state index contributed by atoms with van der Waals surface area (Å²) in [4.78, 5) is 17.4. The molecule has 0 saturated carbocycles. The molecule has 0 aliphatic heterocycles. The zero-order valence-corrected chi connectivity index (χ0v) is 10.1. The van der Waals surface area contributed by atoms with E-state index in [1.54, 1.807) is 11.3 Å². The highest BCUT2D eigenvalue weighted by molar-refractivity contribution is 7.11. The van der Waals surface area contributed by atoms with E-state index in [2.05, 4.69) is 10.3 Å². The molecular formula is C12H11FN2OS. The van der Waals surface area contributed by atoms with E-state index in [1.807, 2.05) is 19.1 Å². The van der Waals surface area contributed by atoms with E-state index in [0.717, 1.165) is 4.88 Å². The minimum Gasteiger partial charge on any atom is -0.347 e. The Balaban J connectivity index is 1.95. The fourth-order valence-corrected chi connectivity index (χ4v) is 2.19. The van der Waals surface area contributed by atoms with Gasteiger partial charge in [-0.1, -0.05) is 0 Å². The van der Waals surface area contributed by atoms with Crippen LogP contribution in [0.25, 0.3) is 0 Å². The van der Waals surface area contributed by atoms with Crippen molar-refractivity contribution in [3.05, 3.63) is 51.7 Å². The number of nitrogens with one attached hydrogen (secondary N) is 1. The maximum atomic E-state index is 12.6. The normalized spacial score (nSPS) is 10.2. The lowest BCUT2D eigenvalue weighted by Crippen LogP contribution is -2.22. The lowest BCUT2D eigenvalue weighted by atomic mass is 10.2. The Labute approximate surface area is 102 Å². The Morgan fingerprint density at radius 3 is 2.82 bits per heavy atom. The van der Waals surface area contributed by atoms with E-state index in [9.17, 15) is 9.18 Å². The van der Waals surface area contributed by atoms with Crippen LogP contribution >= 0.6 is 11.3 Å². The molecule has 0 bridgehead atoms. The summed E-state index contributed by atoms with van der Waals surface area (Å²) in [6.45, 7) is 2.49. The van der Waals surface area contributed by atoms with Crippen LogP contribution in [0.4, 0.5) is 4.39 Å². The number of hydrogen-bond donors (Lipinski definition) is 1. The van der Waals surface area contributed by atoms with Gasteiger partial charge in [0.2, 0.25) is 5.95 Å². The van der Waals surface area contributed by atoms with Crippen LogP contribution in [0.5, 0.6) is 0 Å². The second kappa shape index (κ2) is 5.05. The number of amides is 1. The lowest BCUT2D eigenvalue weighted by Gasteiger charge is -2.02. The second-order valence-corrected chi connectivity index (χ2v) is 4.94. The summed E-state index contributed by atoms with van der Waals surface area (Å²) in [5, 5.41) is 2.76. The summed E-state index contributed by atoms with van der Waals surface area (Å²) in [7, 11) is 0. The van der Waals surface area contributed by atoms with Gasteiger partial charge in [0, 0.05) is 16.0 Å². The van der Waals surface area contributed by atoms with E-state index in [-0.39, 0.29) is 5.91 Å². The molecule has 0 aliphatic rings. The molecule has 0 radical (unpaired) electrons. The number of rotatable bonds is 3. The molecule has 0 aliphatic carbocycles. The Bertz CT molecular complexity index is 522. The van der Waals surface area contributed by atoms with Crippen molar-refractivity contribution in [1.29, 1.82) is 0 Å². The van der Waals surface area contributed by atoms with Crippen molar-refractivity contribution < 1.29 is 9.18 Å². The number of carbonyl (C=O) groups excluding carboxylic acids is 1. The molecule has 2 heterocycles. The van der Waals surface area contributed by atoms with Crippen LogP contribution in [0.2, 0.25) is 0 Å². The standard InChI is InChI=1S/C12H11FN2OS/c1-8-2-4-10(17-8)7-15-12(16)9-3-5-11(13)14-6-9/h2-6H,7H2,1H3,(H,15,16). The van der Waals surface area contributed by atoms with Gasteiger partial charge in [0.15, 0.2) is 0 Å². The van der Waals surface area contributed by atoms with Crippen molar-refractivity contribution in [1.82, 2.24) is 10.3 Å². The Kier molecular flexibility index (Phi) is 3.49. The monoisotopic (exact) mass is 250 g/mol. The molecule has 5 heteroatoms. The maximum Gasteiger partial charge on any atom is 0.253 e. The summed E-state index contributed by atoms with van der Waals surface area (Å²) < 4.78 is 12.6. The highest BCUT2D eigenvalue weighted by atomic mass is 32.1. The SMILES string of the molecule is Cc1ccc(CNC(=O)c2ccc(F)nc2)s1. The van der Waals surface area contributed by atoms with Crippen molar-refractivity contribution in [2.24, 2.45) is 0 Å². The zero-order chi connectivity index (χ0) is 12.3. The molecule has 17 heavy (non-hydrogen) atoms. The van der Waals surface area contributed by atoms with Gasteiger partial charge in [-0.15, -0.1) is 11.3 Å². The first-order chi connectivity index (χ1) is 8.15. The van der Waals surface area contributed by atoms with Crippen LogP contribution in [0, 0.1) is 12.9 Å². The van der Waals surface area contributed by atoms with Crippen molar-refractivity contribution in [3.63, 3.8) is 0 Å². The third-order valence-electron chi connectivity index (χ3n) is 2.21. The quantitative estimate of drug-likeness (QED) is 0.850. The predicted molar refractivity (Wildman–Crippen MR) is 64.4 cm³/mol. The average molecular weight is 250 g/mol. The fourth-order valence-electron chi connectivity index (χ4n) is 1.36. The number of nitrogens with zero attached hydrogens (tertiary/aromatic N) is 1. The van der Waals surface area contributed by atoms with E-state index in [0.29, 0.717) is 12.1 Å². The molecule has 1 N–H and O–H groups in total. The van der Waals surface area contributed by atoms with Crippen LogP contribution in [0.15, 0.2) is 30.5 Å². The molecule has 0 saturated heterocycles. The van der Waals surface area contributed by atoms with Crippen LogP contribution in [0.1, 0.15) is 20.1 Å². The van der Waals surface area contributed by atoms with E-state index >= 15 is 0 Å². The fraction of sp³-hybridized carbons (Fsp3) is 0.167. The number of halogens is 1. The van der Waals surface area contributed by atoms with E-state index in [4.69, 9.17) is 0 Å². The summed E-state index contributed by atoms with van der Waals surface area (Å²) >= 11 is 1.64. The predicted octanol–water partition coefficient (Wildman–Crippen LogP) is 2.52. The summed E-state index contributed by atoms with van der Waals surface area (Å²) in [5.74, 6) is -0.834. The summed E-state index contributed by atoms with van der Waals surface area (Å²) in [6, 6.07) is 6.57. The van der Waals surface area contributed by atoms with Gasteiger partial charge in [-0.05, 0) is 31.2 Å². The first kappa shape index (κ1) is 11.7. The van der Waals surface area contributed by atoms with Crippen molar-refractivity contribution in [3.8, 4) is 0 Å². The molecule has 0 spiro atoms. The summed E-state index contributed by atoms with van der Waals surface area (Å²) in [6.07, 6.45) is 1.23. The molecular weight excluding hydrogens is 239 g/mol. The zero-order valence-electron chi connectivity index (χ0n) is 9.24. The second-order valence-electron chi connectivity index (χ2n) is 3.56. The molecule has 3 nitrogen and oxygen atoms in total. The van der Waals surface area contributed by atoms with Crippen LogP contribution in [0.3, 0.4) is 0 Å². The Hall–Kier alpha value is -1.75. The van der Waals surface area contributed by atoms with Gasteiger partial charge < -0.3 is 5.32 Å². The molecule has 88 valence electrons. The van der Waals surface area contributed by atoms with E-state index < -0.39 is 5.95 Å². The minimum atomic E-state index is -0.588. The summed E-state index contributed by atoms with van der Waals surface area (Å²) in [5.41, 5.74) is 0.361. The van der Waals surface area contributed by atoms with Gasteiger partial charge in [-0.2, -0.15) is 4.39 Å². The first-order valence-corrected chi connectivity index (χ1v) is 5.92. The molecule has 2 aromatic rings. The number of pyridine rings is 1. The number of hydrogen-bond acceptors (Lipinski definition) is 3. The average Bonchev–Trinajstić information content (AvgIpc) is 2.73. The van der Waals surface area contributed by atoms with E-state index in [1.165, 1.54) is 23.2 Å². The van der Waals surface area contributed by atoms with Gasteiger partial charge in [-0.3, -0.25) is 4.79 Å². The molecule has 0 aromatic carbocycles. The van der Waals surface area contributed by atoms with Crippen molar-refractivity contribution in [2.75, 3.05) is 0 Å². The third kappa shape index (κ3) is 3.10. The smallest absolute Gasteiger partial charge is 0.253 e. The number of aryl methyl sites for hydroxylation is 1. The topological polar surface area (TPSA) is 42.0 Å². The highest BCUT2D eigenvalue weighted by Gasteiger charge is 2.06. The molecule has 2 rings (SSSR count). The number of aromatic nitrogens is 1.